The number of methoxy groups -OCH3 is 1. The van der Waals surface area contributed by atoms with Gasteiger partial charge in [-0.05, 0) is 17.2 Å². The third-order valence-corrected chi connectivity index (χ3v) is 4.27. The summed E-state index contributed by atoms with van der Waals surface area (Å²) in [7, 11) is 1.55. The smallest absolute Gasteiger partial charge is 0.220 e. The predicted octanol–water partition coefficient (Wildman–Crippen LogP) is 5.77. The van der Waals surface area contributed by atoms with Gasteiger partial charge in [0.25, 0.3) is 0 Å². The van der Waals surface area contributed by atoms with Crippen molar-refractivity contribution < 1.29 is 9.53 Å². The fourth-order valence-corrected chi connectivity index (χ4v) is 3.07. The fourth-order valence-electron chi connectivity index (χ4n) is 2.84. The Morgan fingerprint density at radius 3 is 1.91 bits per heavy atom. The van der Waals surface area contributed by atoms with Crippen molar-refractivity contribution in [3.8, 4) is 16.9 Å². The van der Waals surface area contributed by atoms with Crippen molar-refractivity contribution in [3.05, 3.63) is 54.1 Å². The van der Waals surface area contributed by atoms with Crippen LogP contribution in [0.15, 0.2) is 48.5 Å². The second-order valence-electron chi connectivity index (χ2n) is 5.68. The summed E-state index contributed by atoms with van der Waals surface area (Å²) in [5.41, 5.74) is 2.32. The van der Waals surface area contributed by atoms with Gasteiger partial charge in [0, 0.05) is 0 Å². The maximum Gasteiger partial charge on any atom is 0.220 e. The molecule has 0 atom stereocenters. The summed E-state index contributed by atoms with van der Waals surface area (Å²) in [6.45, 7) is 0. The number of hydrogen-bond acceptors (Lipinski definition) is 2. The molecule has 0 N–H and O–H groups in total. The Morgan fingerprint density at radius 1 is 0.870 bits per heavy atom. The van der Waals surface area contributed by atoms with Gasteiger partial charge in [-0.25, -0.2) is 0 Å². The van der Waals surface area contributed by atoms with Crippen molar-refractivity contribution in [2.45, 2.75) is 38.5 Å². The van der Waals surface area contributed by atoms with E-state index in [0.29, 0.717) is 11.3 Å². The highest BCUT2D eigenvalue weighted by molar-refractivity contribution is 7.97. The molecule has 2 aromatic carbocycles. The van der Waals surface area contributed by atoms with Crippen molar-refractivity contribution in [2.24, 2.45) is 0 Å². The fraction of sp³-hybridized carbons (Fsp3) is 0.350. The van der Waals surface area contributed by atoms with Crippen LogP contribution in [0, 0.1) is 0 Å². The van der Waals surface area contributed by atoms with Gasteiger partial charge in [-0.15, -0.1) is 12.6 Å². The zero-order valence-corrected chi connectivity index (χ0v) is 14.5. The Kier molecular flexibility index (Phi) is 7.21. The van der Waals surface area contributed by atoms with E-state index in [2.05, 4.69) is 12.6 Å². The van der Waals surface area contributed by atoms with Crippen LogP contribution in [0.25, 0.3) is 11.1 Å². The normalized spacial score (nSPS) is 13.7. The zero-order chi connectivity index (χ0) is 16.5. The Morgan fingerprint density at radius 2 is 1.43 bits per heavy atom. The number of ether oxygens (including phenoxy) is 1. The minimum atomic E-state index is -0.290. The van der Waals surface area contributed by atoms with E-state index in [-0.39, 0.29) is 5.12 Å². The molecule has 1 saturated carbocycles. The van der Waals surface area contributed by atoms with E-state index >= 15 is 0 Å². The molecule has 0 radical (unpaired) electrons. The third kappa shape index (κ3) is 5.14. The molecule has 0 aromatic heterocycles. The highest BCUT2D eigenvalue weighted by atomic mass is 32.1. The van der Waals surface area contributed by atoms with Crippen LogP contribution in [0.5, 0.6) is 5.75 Å². The Hall–Kier alpha value is -1.74. The van der Waals surface area contributed by atoms with Crippen LogP contribution in [-0.4, -0.2) is 12.2 Å². The molecule has 3 rings (SSSR count). The number of carbonyl (C=O) groups is 1. The van der Waals surface area contributed by atoms with Gasteiger partial charge >= 0.3 is 0 Å². The molecule has 1 fully saturated rings. The van der Waals surface area contributed by atoms with Gasteiger partial charge in [-0.3, -0.25) is 4.79 Å². The molecule has 2 aromatic rings. The second-order valence-corrected chi connectivity index (χ2v) is 6.08. The Labute approximate surface area is 144 Å². The van der Waals surface area contributed by atoms with Crippen LogP contribution in [0.2, 0.25) is 0 Å². The predicted molar refractivity (Wildman–Crippen MR) is 99.4 cm³/mol. The average Bonchev–Trinajstić information content (AvgIpc) is 2.63. The summed E-state index contributed by atoms with van der Waals surface area (Å²) in [5.74, 6) is 0.548. The number of carbonyl (C=O) groups excluding carboxylic acids is 1. The molecule has 1 aliphatic carbocycles. The molecule has 0 amide bonds. The molecule has 0 bridgehead atoms. The Balaban J connectivity index is 0.000000268. The zero-order valence-electron chi connectivity index (χ0n) is 13.6. The lowest BCUT2D eigenvalue weighted by molar-refractivity contribution is 0.108. The van der Waals surface area contributed by atoms with Crippen LogP contribution >= 0.6 is 12.6 Å². The molecule has 2 nitrogen and oxygen atoms in total. The van der Waals surface area contributed by atoms with Gasteiger partial charge in [0.15, 0.2) is 0 Å². The molecule has 0 heterocycles. The minimum absolute atomic E-state index is 0.290. The van der Waals surface area contributed by atoms with Gasteiger partial charge in [0.05, 0.1) is 12.7 Å². The minimum Gasteiger partial charge on any atom is -0.496 e. The summed E-state index contributed by atoms with van der Waals surface area (Å²) in [5, 5.41) is -0.290. The van der Waals surface area contributed by atoms with Crippen molar-refractivity contribution in [3.63, 3.8) is 0 Å². The summed E-state index contributed by atoms with van der Waals surface area (Å²) in [6, 6.07) is 15.2. The summed E-state index contributed by atoms with van der Waals surface area (Å²) >= 11 is 3.91. The van der Waals surface area contributed by atoms with Crippen LogP contribution in [0.3, 0.4) is 0 Å². The number of rotatable bonds is 3. The highest BCUT2D eigenvalue weighted by Crippen LogP contribution is 2.31. The first-order valence-electron chi connectivity index (χ1n) is 8.19. The molecular weight excluding hydrogens is 304 g/mol. The maximum absolute atomic E-state index is 11.6. The van der Waals surface area contributed by atoms with Gasteiger partial charge in [0.1, 0.15) is 5.75 Å². The second kappa shape index (κ2) is 9.41. The topological polar surface area (TPSA) is 26.3 Å². The molecule has 0 saturated heterocycles. The highest BCUT2D eigenvalue weighted by Gasteiger charge is 2.15. The van der Waals surface area contributed by atoms with Gasteiger partial charge in [-0.2, -0.15) is 0 Å². The molecule has 0 aliphatic heterocycles. The van der Waals surface area contributed by atoms with Crippen LogP contribution in [0.1, 0.15) is 48.9 Å². The molecule has 3 heteroatoms. The number of thiol groups is 1. The Bertz CT molecular complexity index is 607. The van der Waals surface area contributed by atoms with E-state index in [9.17, 15) is 4.79 Å². The van der Waals surface area contributed by atoms with Crippen LogP contribution < -0.4 is 4.74 Å². The molecule has 0 spiro atoms. The van der Waals surface area contributed by atoms with Crippen LogP contribution in [0.4, 0.5) is 0 Å². The summed E-state index contributed by atoms with van der Waals surface area (Å²) in [6.07, 6.45) is 9.00. The van der Waals surface area contributed by atoms with Gasteiger partial charge in [0.2, 0.25) is 5.12 Å². The number of benzene rings is 2. The standard InChI is InChI=1S/C14H12O2S.C6H12/c1-16-12-9-5-8-11(13(12)14(15)17)10-6-3-2-4-7-10;1-2-4-6-5-3-1/h2-9H,1H3,(H,15,17);1-6H2. The van der Waals surface area contributed by atoms with E-state index < -0.39 is 0 Å². The first-order valence-corrected chi connectivity index (χ1v) is 8.64. The lowest BCUT2D eigenvalue weighted by Crippen LogP contribution is -1.98. The van der Waals surface area contributed by atoms with E-state index in [4.69, 9.17) is 4.74 Å². The summed E-state index contributed by atoms with van der Waals surface area (Å²) in [4.78, 5) is 11.6. The lowest BCUT2D eigenvalue weighted by atomic mass is 9.99. The molecule has 0 unspecified atom stereocenters. The monoisotopic (exact) mass is 328 g/mol. The van der Waals surface area contributed by atoms with Gasteiger partial charge < -0.3 is 4.74 Å². The average molecular weight is 328 g/mol. The first kappa shape index (κ1) is 17.6. The SMILES string of the molecule is C1CCCCC1.COc1cccc(-c2ccccc2)c1C(=O)S. The van der Waals surface area contributed by atoms with E-state index in [1.165, 1.54) is 38.5 Å². The van der Waals surface area contributed by atoms with E-state index in [1.807, 2.05) is 42.5 Å². The third-order valence-electron chi connectivity index (χ3n) is 4.04. The quantitative estimate of drug-likeness (QED) is 0.724. The number of hydrogen-bond donors (Lipinski definition) is 1. The maximum atomic E-state index is 11.6. The molecule has 1 aliphatic rings. The first-order chi connectivity index (χ1) is 11.2. The van der Waals surface area contributed by atoms with Crippen molar-refractivity contribution in [2.75, 3.05) is 7.11 Å². The van der Waals surface area contributed by atoms with Crippen molar-refractivity contribution >= 4 is 17.7 Å². The lowest BCUT2D eigenvalue weighted by Gasteiger charge is -2.11. The van der Waals surface area contributed by atoms with E-state index in [0.717, 1.165) is 11.1 Å². The van der Waals surface area contributed by atoms with Crippen molar-refractivity contribution in [1.82, 2.24) is 0 Å². The molecular formula is C20H24O2S. The molecule has 23 heavy (non-hydrogen) atoms. The molecule has 122 valence electrons. The van der Waals surface area contributed by atoms with Gasteiger partial charge in [-0.1, -0.05) is 81.0 Å². The largest absolute Gasteiger partial charge is 0.496 e. The van der Waals surface area contributed by atoms with Crippen LogP contribution in [-0.2, 0) is 0 Å². The van der Waals surface area contributed by atoms with Crippen molar-refractivity contribution in [1.29, 1.82) is 0 Å². The van der Waals surface area contributed by atoms with E-state index in [1.54, 1.807) is 13.2 Å². The summed E-state index contributed by atoms with van der Waals surface area (Å²) < 4.78 is 5.20.